The summed E-state index contributed by atoms with van der Waals surface area (Å²) >= 11 is 0. The molecular formula is C84H143NO8. The van der Waals surface area contributed by atoms with Gasteiger partial charge in [-0.1, -0.05) is 327 Å². The highest BCUT2D eigenvalue weighted by atomic mass is 16.7. The molecule has 0 aliphatic carbocycles. The molecule has 0 amide bonds. The number of hydrogen-bond donors (Lipinski definition) is 0. The zero-order valence-corrected chi connectivity index (χ0v) is 60.8. The predicted octanol–water partition coefficient (Wildman–Crippen LogP) is 23.1. The normalized spacial score (nSPS) is 13.4. The molecule has 2 unspecified atom stereocenters. The van der Waals surface area contributed by atoms with Gasteiger partial charge >= 0.3 is 11.9 Å². The average molecular weight is 1300 g/mol. The van der Waals surface area contributed by atoms with Gasteiger partial charge in [-0.2, -0.15) is 0 Å². The predicted molar refractivity (Wildman–Crippen MR) is 398 cm³/mol. The SMILES string of the molecule is CC/C=C\C/C=C\C/C=C\C/C=C\C/C=C\C/C=C\C/C=C\C/C=C\C/C=C\C/C=C\CCCCCCC(=O)OC(COC(=O)CCCCCCCCCCCCCCCCCCCCCCC/C=C\CCCCCCCCCC)COC(OCC[N+](C)(C)C)C(=O)[O-]. The number of carboxylic acid groups (broad SMARTS) is 1. The van der Waals surface area contributed by atoms with Crippen LogP contribution in [-0.4, -0.2) is 82.3 Å². The van der Waals surface area contributed by atoms with Crippen molar-refractivity contribution in [3.63, 3.8) is 0 Å². The number of nitrogens with zero attached hydrogens (tertiary/aromatic N) is 1. The van der Waals surface area contributed by atoms with Gasteiger partial charge in [-0.3, -0.25) is 9.59 Å². The first-order chi connectivity index (χ1) is 45.6. The third-order valence-corrected chi connectivity index (χ3v) is 16.4. The highest BCUT2D eigenvalue weighted by Gasteiger charge is 2.22. The first kappa shape index (κ1) is 88.4. The molecule has 0 aromatic carbocycles. The number of allylic oxidation sites excluding steroid dienone is 22. The number of carbonyl (C=O) groups excluding carboxylic acids is 3. The summed E-state index contributed by atoms with van der Waals surface area (Å²) < 4.78 is 22.8. The molecule has 0 rings (SSSR count). The van der Waals surface area contributed by atoms with E-state index in [0.29, 0.717) is 17.4 Å². The molecule has 0 aromatic rings. The average Bonchev–Trinajstić information content (AvgIpc) is 3.74. The molecule has 0 heterocycles. The maximum absolute atomic E-state index is 12.9. The fourth-order valence-electron chi connectivity index (χ4n) is 10.6. The number of aliphatic carboxylic acids is 1. The van der Waals surface area contributed by atoms with Crippen LogP contribution in [0.5, 0.6) is 0 Å². The fraction of sp³-hybridized carbons (Fsp3) is 0.702. The van der Waals surface area contributed by atoms with Crippen LogP contribution in [0.3, 0.4) is 0 Å². The Labute approximate surface area is 573 Å². The number of unbranched alkanes of at least 4 members (excludes halogenated alkanes) is 33. The van der Waals surface area contributed by atoms with Crippen LogP contribution in [0.25, 0.3) is 0 Å². The van der Waals surface area contributed by atoms with Gasteiger partial charge in [0.25, 0.3) is 0 Å². The zero-order valence-electron chi connectivity index (χ0n) is 60.8. The summed E-state index contributed by atoms with van der Waals surface area (Å²) in [6.07, 6.45) is 103. The second kappa shape index (κ2) is 73.2. The highest BCUT2D eigenvalue weighted by molar-refractivity contribution is 5.70. The summed E-state index contributed by atoms with van der Waals surface area (Å²) in [6, 6.07) is 0. The second-order valence-electron chi connectivity index (χ2n) is 26.6. The van der Waals surface area contributed by atoms with Crippen LogP contribution in [0.2, 0.25) is 0 Å². The Morgan fingerprint density at radius 3 is 0.925 bits per heavy atom. The molecule has 0 saturated heterocycles. The molecule has 93 heavy (non-hydrogen) atoms. The molecule has 0 radical (unpaired) electrons. The van der Waals surface area contributed by atoms with Gasteiger partial charge in [-0.25, -0.2) is 0 Å². The number of quaternary nitrogens is 1. The Kier molecular flexibility index (Phi) is 69.6. The van der Waals surface area contributed by atoms with Gasteiger partial charge in [-0.15, -0.1) is 0 Å². The van der Waals surface area contributed by atoms with Crippen LogP contribution in [0.1, 0.15) is 322 Å². The number of carboxylic acids is 1. The summed E-state index contributed by atoms with van der Waals surface area (Å²) in [5.74, 6) is -2.32. The summed E-state index contributed by atoms with van der Waals surface area (Å²) in [7, 11) is 5.92. The van der Waals surface area contributed by atoms with Crippen molar-refractivity contribution in [3.8, 4) is 0 Å². The van der Waals surface area contributed by atoms with Gasteiger partial charge in [0.2, 0.25) is 0 Å². The summed E-state index contributed by atoms with van der Waals surface area (Å²) in [5.41, 5.74) is 0. The van der Waals surface area contributed by atoms with Crippen molar-refractivity contribution in [2.75, 3.05) is 47.5 Å². The summed E-state index contributed by atoms with van der Waals surface area (Å²) in [4.78, 5) is 37.6. The lowest BCUT2D eigenvalue weighted by Crippen LogP contribution is -2.44. The van der Waals surface area contributed by atoms with Crippen LogP contribution >= 0.6 is 0 Å². The number of esters is 2. The van der Waals surface area contributed by atoms with E-state index in [4.69, 9.17) is 18.9 Å². The monoisotopic (exact) mass is 1290 g/mol. The standard InChI is InChI=1S/C84H143NO8/c1-6-8-10-12-14-16-18-20-22-24-26-28-30-32-34-36-38-40-41-43-45-47-49-51-53-55-57-59-61-63-65-67-69-71-73-75-82(87)93-80(79-92-84(83(88)89)90-77-76-85(3,4)5)78-91-81(86)74-72-70-68-66-64-62-60-58-56-54-52-50-48-46-44-42-39-37-35-33-31-29-27-25-23-21-19-17-15-13-11-9-7-2/h8,10,14,16,20,22,25-28,32,34,38,40,43,45,49,51,55,57,61,63,80,84H,6-7,9,11-13,15,17-19,21,23-24,29-31,33,35-37,39,41-42,44,46-48,50,52-54,56,58-60,62,64-79H2,1-5H3/b10-8-,16-14-,22-20-,27-25-,28-26-,34-32-,40-38-,45-43-,51-49-,57-55-,63-61-. The Bertz CT molecular complexity index is 2000. The van der Waals surface area contributed by atoms with E-state index in [1.54, 1.807) is 0 Å². The molecule has 9 heteroatoms. The van der Waals surface area contributed by atoms with E-state index in [0.717, 1.165) is 109 Å². The van der Waals surface area contributed by atoms with E-state index >= 15 is 0 Å². The van der Waals surface area contributed by atoms with Crippen molar-refractivity contribution in [3.05, 3.63) is 134 Å². The lowest BCUT2D eigenvalue weighted by molar-refractivity contribution is -0.870. The third kappa shape index (κ3) is 74.7. The number of ether oxygens (including phenoxy) is 4. The van der Waals surface area contributed by atoms with Gasteiger partial charge in [0.05, 0.1) is 40.3 Å². The molecule has 0 N–H and O–H groups in total. The molecule has 0 saturated carbocycles. The van der Waals surface area contributed by atoms with Crippen molar-refractivity contribution in [1.82, 2.24) is 0 Å². The quantitative estimate of drug-likeness (QED) is 0.0195. The molecule has 0 fully saturated rings. The number of likely N-dealkylation sites (N-methyl/N-ethyl adjacent to an activating group) is 1. The minimum Gasteiger partial charge on any atom is -0.545 e. The fourth-order valence-corrected chi connectivity index (χ4v) is 10.6. The van der Waals surface area contributed by atoms with Crippen LogP contribution in [0, 0.1) is 0 Å². The van der Waals surface area contributed by atoms with E-state index in [2.05, 4.69) is 148 Å². The first-order valence-electron chi connectivity index (χ1n) is 38.3. The van der Waals surface area contributed by atoms with E-state index in [1.165, 1.54) is 180 Å². The lowest BCUT2D eigenvalue weighted by Gasteiger charge is -2.26. The van der Waals surface area contributed by atoms with Crippen molar-refractivity contribution >= 4 is 17.9 Å². The second-order valence-corrected chi connectivity index (χ2v) is 26.6. The maximum atomic E-state index is 12.9. The van der Waals surface area contributed by atoms with Crippen molar-refractivity contribution in [1.29, 1.82) is 0 Å². The van der Waals surface area contributed by atoms with Crippen LogP contribution in [0.15, 0.2) is 134 Å². The topological polar surface area (TPSA) is 111 Å². The molecule has 0 aliphatic heterocycles. The minimum absolute atomic E-state index is 0.137. The third-order valence-electron chi connectivity index (χ3n) is 16.4. The van der Waals surface area contributed by atoms with E-state index in [9.17, 15) is 19.5 Å². The Morgan fingerprint density at radius 2 is 0.613 bits per heavy atom. The molecule has 0 aromatic heterocycles. The van der Waals surface area contributed by atoms with E-state index in [1.807, 2.05) is 21.1 Å². The summed E-state index contributed by atoms with van der Waals surface area (Å²) in [6.45, 7) is 4.62. The molecule has 2 atom stereocenters. The van der Waals surface area contributed by atoms with Gasteiger partial charge in [0.15, 0.2) is 12.4 Å². The van der Waals surface area contributed by atoms with Gasteiger partial charge in [0.1, 0.15) is 13.2 Å². The van der Waals surface area contributed by atoms with E-state index in [-0.39, 0.29) is 38.6 Å². The Hall–Kier alpha value is -4.57. The Morgan fingerprint density at radius 1 is 0.333 bits per heavy atom. The molecule has 532 valence electrons. The Balaban J connectivity index is 4.15. The maximum Gasteiger partial charge on any atom is 0.306 e. The molecule has 9 nitrogen and oxygen atoms in total. The van der Waals surface area contributed by atoms with Gasteiger partial charge in [0, 0.05) is 12.8 Å². The van der Waals surface area contributed by atoms with Crippen LogP contribution < -0.4 is 5.11 Å². The van der Waals surface area contributed by atoms with Gasteiger partial charge in [-0.05, 0) is 116 Å². The minimum atomic E-state index is -1.64. The van der Waals surface area contributed by atoms with Crippen molar-refractivity contribution in [2.24, 2.45) is 0 Å². The van der Waals surface area contributed by atoms with Crippen LogP contribution in [-0.2, 0) is 33.3 Å². The molecule has 0 bridgehead atoms. The van der Waals surface area contributed by atoms with Crippen molar-refractivity contribution < 1.29 is 42.9 Å². The van der Waals surface area contributed by atoms with Gasteiger partial charge < -0.3 is 33.3 Å². The number of carbonyl (C=O) groups is 3. The first-order valence-corrected chi connectivity index (χ1v) is 38.3. The van der Waals surface area contributed by atoms with Crippen molar-refractivity contribution in [2.45, 2.75) is 334 Å². The summed E-state index contributed by atoms with van der Waals surface area (Å²) in [5, 5.41) is 11.8. The molecule has 0 spiro atoms. The number of rotatable bonds is 70. The highest BCUT2D eigenvalue weighted by Crippen LogP contribution is 2.18. The number of hydrogen-bond acceptors (Lipinski definition) is 8. The largest absolute Gasteiger partial charge is 0.545 e. The molecule has 0 aliphatic rings. The zero-order chi connectivity index (χ0) is 67.5. The van der Waals surface area contributed by atoms with E-state index < -0.39 is 24.3 Å². The smallest absolute Gasteiger partial charge is 0.306 e. The molecular weight excluding hydrogens is 1150 g/mol. The lowest BCUT2D eigenvalue weighted by atomic mass is 10.0. The van der Waals surface area contributed by atoms with Crippen LogP contribution in [0.4, 0.5) is 0 Å².